The monoisotopic (exact) mass is 504 g/mol. The van der Waals surface area contributed by atoms with Crippen LogP contribution in [0.1, 0.15) is 36.4 Å². The molecule has 3 aromatic rings. The van der Waals surface area contributed by atoms with Crippen LogP contribution in [-0.4, -0.2) is 30.2 Å². The first-order valence-corrected chi connectivity index (χ1v) is 12.1. The summed E-state index contributed by atoms with van der Waals surface area (Å²) in [5, 5.41) is 0.505. The molecule has 0 unspecified atom stereocenters. The Morgan fingerprint density at radius 2 is 1.67 bits per heavy atom. The van der Waals surface area contributed by atoms with Crippen molar-refractivity contribution in [1.29, 1.82) is 0 Å². The number of anilines is 1. The molecule has 0 spiro atoms. The van der Waals surface area contributed by atoms with Crippen LogP contribution >= 0.6 is 11.6 Å². The number of amides is 1. The van der Waals surface area contributed by atoms with Gasteiger partial charge in [0.05, 0.1) is 29.9 Å². The highest BCUT2D eigenvalue weighted by Gasteiger charge is 2.38. The Labute approximate surface area is 216 Å². The summed E-state index contributed by atoms with van der Waals surface area (Å²) in [5.74, 6) is -0.186. The topological polar surface area (TPSA) is 60.8 Å². The van der Waals surface area contributed by atoms with Crippen molar-refractivity contribution in [1.82, 2.24) is 4.57 Å². The van der Waals surface area contributed by atoms with E-state index in [1.807, 2.05) is 69.3 Å². The largest absolute Gasteiger partial charge is 0.495 e. The van der Waals surface area contributed by atoms with Crippen molar-refractivity contribution >= 4 is 35.2 Å². The molecule has 0 saturated heterocycles. The molecule has 2 heterocycles. The van der Waals surface area contributed by atoms with Gasteiger partial charge in [-0.1, -0.05) is 29.3 Å². The molecule has 0 aliphatic carbocycles. The van der Waals surface area contributed by atoms with E-state index in [2.05, 4.69) is 4.57 Å². The molecule has 6 nitrogen and oxygen atoms in total. The molecular formula is C29H29ClN2O4. The third-order valence-electron chi connectivity index (χ3n) is 6.34. The van der Waals surface area contributed by atoms with Crippen molar-refractivity contribution in [2.45, 2.75) is 34.6 Å². The van der Waals surface area contributed by atoms with E-state index in [9.17, 15) is 9.59 Å². The second kappa shape index (κ2) is 10.1. The van der Waals surface area contributed by atoms with Crippen LogP contribution in [-0.2, 0) is 14.3 Å². The Hall–Kier alpha value is -3.77. The maximum absolute atomic E-state index is 13.7. The van der Waals surface area contributed by atoms with E-state index >= 15 is 0 Å². The highest BCUT2D eigenvalue weighted by atomic mass is 35.5. The number of allylic oxidation sites excluding steroid dienone is 1. The lowest BCUT2D eigenvalue weighted by atomic mass is 10.0. The van der Waals surface area contributed by atoms with Gasteiger partial charge in [0.15, 0.2) is 0 Å². The molecule has 0 radical (unpaired) electrons. The van der Waals surface area contributed by atoms with Crippen molar-refractivity contribution in [3.63, 3.8) is 0 Å². The summed E-state index contributed by atoms with van der Waals surface area (Å²) in [6, 6.07) is 15.2. The smallest absolute Gasteiger partial charge is 0.340 e. The number of hydrogen-bond donors (Lipinski definition) is 0. The Morgan fingerprint density at radius 1 is 1.00 bits per heavy atom. The van der Waals surface area contributed by atoms with Crippen LogP contribution in [0.5, 0.6) is 5.75 Å². The minimum Gasteiger partial charge on any atom is -0.495 e. The zero-order valence-electron chi connectivity index (χ0n) is 21.3. The molecule has 0 saturated carbocycles. The molecule has 0 N–H and O–H groups in total. The number of aryl methyl sites for hydroxylation is 2. The fourth-order valence-electron chi connectivity index (χ4n) is 4.57. The Balaban J connectivity index is 1.83. The lowest BCUT2D eigenvalue weighted by Crippen LogP contribution is -2.24. The van der Waals surface area contributed by atoms with Gasteiger partial charge in [0.1, 0.15) is 5.75 Å². The second-order valence-electron chi connectivity index (χ2n) is 8.70. The van der Waals surface area contributed by atoms with Crippen LogP contribution in [0.4, 0.5) is 5.69 Å². The van der Waals surface area contributed by atoms with Crippen LogP contribution < -0.4 is 9.64 Å². The Morgan fingerprint density at radius 3 is 2.28 bits per heavy atom. The molecule has 186 valence electrons. The number of hydrogen-bond acceptors (Lipinski definition) is 4. The third kappa shape index (κ3) is 4.44. The molecule has 0 bridgehead atoms. The van der Waals surface area contributed by atoms with Gasteiger partial charge in [-0.2, -0.15) is 0 Å². The van der Waals surface area contributed by atoms with Gasteiger partial charge in [0.25, 0.3) is 5.91 Å². The average molecular weight is 505 g/mol. The quantitative estimate of drug-likeness (QED) is 0.290. The van der Waals surface area contributed by atoms with Gasteiger partial charge in [-0.15, -0.1) is 0 Å². The summed E-state index contributed by atoms with van der Waals surface area (Å²) >= 11 is 6.37. The standard InChI is InChI=1S/C29H29ClN2O4/c1-7-36-29(34)27-20(5)32(22-10-8-17(2)9-11-22)28(33)24(27)15-21-14-18(3)31(19(21)4)23-12-13-26(35-6)25(30)16-23/h8-16H,7H2,1-6H3/b24-15-. The summed E-state index contributed by atoms with van der Waals surface area (Å²) in [7, 11) is 1.58. The predicted molar refractivity (Wildman–Crippen MR) is 143 cm³/mol. The lowest BCUT2D eigenvalue weighted by molar-refractivity contribution is -0.138. The molecule has 1 amide bonds. The van der Waals surface area contributed by atoms with E-state index in [1.165, 1.54) is 0 Å². The molecule has 0 atom stereocenters. The minimum atomic E-state index is -0.514. The fraction of sp³-hybridized carbons (Fsp3) is 0.241. The predicted octanol–water partition coefficient (Wildman–Crippen LogP) is 6.33. The van der Waals surface area contributed by atoms with Gasteiger partial charge in [0.2, 0.25) is 0 Å². The van der Waals surface area contributed by atoms with Gasteiger partial charge in [0, 0.05) is 28.5 Å². The number of esters is 1. The number of aromatic nitrogens is 1. The van der Waals surface area contributed by atoms with Crippen molar-refractivity contribution in [2.75, 3.05) is 18.6 Å². The first-order valence-electron chi connectivity index (χ1n) is 11.7. The SMILES string of the molecule is CCOC(=O)C1=C(C)N(c2ccc(C)cc2)C(=O)/C1=C\c1cc(C)n(-c2ccc(OC)c(Cl)c2)c1C. The molecule has 36 heavy (non-hydrogen) atoms. The van der Waals surface area contributed by atoms with Crippen LogP contribution in [0.3, 0.4) is 0 Å². The van der Waals surface area contributed by atoms with E-state index in [1.54, 1.807) is 31.9 Å². The summed E-state index contributed by atoms with van der Waals surface area (Å²) in [6.07, 6.45) is 1.77. The van der Waals surface area contributed by atoms with E-state index < -0.39 is 5.97 Å². The van der Waals surface area contributed by atoms with Crippen LogP contribution in [0.2, 0.25) is 5.02 Å². The molecule has 1 aliphatic rings. The third-order valence-corrected chi connectivity index (χ3v) is 6.63. The number of rotatable bonds is 6. The lowest BCUT2D eigenvalue weighted by Gasteiger charge is -2.18. The van der Waals surface area contributed by atoms with E-state index in [4.69, 9.17) is 21.1 Å². The Bertz CT molecular complexity index is 1410. The number of methoxy groups -OCH3 is 1. The fourth-order valence-corrected chi connectivity index (χ4v) is 4.82. The molecule has 0 fully saturated rings. The maximum Gasteiger partial charge on any atom is 0.340 e. The second-order valence-corrected chi connectivity index (χ2v) is 9.10. The van der Waals surface area contributed by atoms with Crippen molar-refractivity contribution in [3.8, 4) is 11.4 Å². The zero-order chi connectivity index (χ0) is 26.1. The summed E-state index contributed by atoms with van der Waals surface area (Å²) in [4.78, 5) is 28.2. The van der Waals surface area contributed by atoms with Crippen molar-refractivity contribution in [3.05, 3.63) is 92.9 Å². The number of carbonyl (C=O) groups is 2. The average Bonchev–Trinajstić information content (AvgIpc) is 3.25. The van der Waals surface area contributed by atoms with Crippen LogP contribution in [0.25, 0.3) is 11.8 Å². The first-order chi connectivity index (χ1) is 17.2. The summed E-state index contributed by atoms with van der Waals surface area (Å²) < 4.78 is 12.7. The number of nitrogens with zero attached hydrogens (tertiary/aromatic N) is 2. The number of halogens is 1. The van der Waals surface area contributed by atoms with Gasteiger partial charge in [-0.3, -0.25) is 9.69 Å². The molecule has 7 heteroatoms. The zero-order valence-corrected chi connectivity index (χ0v) is 22.1. The first kappa shape index (κ1) is 25.3. The highest BCUT2D eigenvalue weighted by molar-refractivity contribution is 6.32. The normalized spacial score (nSPS) is 14.7. The molecular weight excluding hydrogens is 476 g/mol. The molecule has 1 aromatic heterocycles. The summed E-state index contributed by atoms with van der Waals surface area (Å²) in [6.45, 7) is 9.67. The molecule has 4 rings (SSSR count). The van der Waals surface area contributed by atoms with E-state index in [0.29, 0.717) is 27.7 Å². The van der Waals surface area contributed by atoms with Crippen molar-refractivity contribution < 1.29 is 19.1 Å². The maximum atomic E-state index is 13.7. The van der Waals surface area contributed by atoms with E-state index in [-0.39, 0.29) is 18.1 Å². The van der Waals surface area contributed by atoms with E-state index in [0.717, 1.165) is 28.2 Å². The highest BCUT2D eigenvalue weighted by Crippen LogP contribution is 2.37. The molecule has 2 aromatic carbocycles. The van der Waals surface area contributed by atoms with Crippen LogP contribution in [0.15, 0.2) is 65.4 Å². The number of ether oxygens (including phenoxy) is 2. The number of carbonyl (C=O) groups excluding carboxylic acids is 2. The summed E-state index contributed by atoms with van der Waals surface area (Å²) in [5.41, 5.74) is 6.47. The molecule has 1 aliphatic heterocycles. The van der Waals surface area contributed by atoms with Gasteiger partial charge in [-0.25, -0.2) is 4.79 Å². The van der Waals surface area contributed by atoms with Crippen molar-refractivity contribution in [2.24, 2.45) is 0 Å². The van der Waals surface area contributed by atoms with Crippen LogP contribution in [0, 0.1) is 20.8 Å². The van der Waals surface area contributed by atoms with Gasteiger partial charge < -0.3 is 14.0 Å². The Kier molecular flexibility index (Phi) is 7.09. The number of benzene rings is 2. The van der Waals surface area contributed by atoms with Gasteiger partial charge >= 0.3 is 5.97 Å². The van der Waals surface area contributed by atoms with Gasteiger partial charge in [-0.05, 0) is 82.7 Å². The minimum absolute atomic E-state index is 0.217.